The number of hydrogen-bond acceptors (Lipinski definition) is 2. The second-order valence-corrected chi connectivity index (χ2v) is 4.43. The number of rotatable bonds is 3. The summed E-state index contributed by atoms with van der Waals surface area (Å²) in [5, 5.41) is 10.2. The van der Waals surface area contributed by atoms with Crippen molar-refractivity contribution in [3.05, 3.63) is 28.8 Å². The molecule has 0 saturated heterocycles. The fraction of sp³-hybridized carbons (Fsp3) is 0.455. The molecule has 0 bridgehead atoms. The van der Waals surface area contributed by atoms with Gasteiger partial charge in [0.1, 0.15) is 5.75 Å². The molecule has 1 aliphatic carbocycles. The highest BCUT2D eigenvalue weighted by Gasteiger charge is 2.25. The van der Waals surface area contributed by atoms with Gasteiger partial charge in [-0.25, -0.2) is 0 Å². The van der Waals surface area contributed by atoms with Gasteiger partial charge < -0.3 is 10.8 Å². The molecule has 2 nitrogen and oxygen atoms in total. The first-order valence-corrected chi connectivity index (χ1v) is 5.28. The molecule has 1 fully saturated rings. The molecular formula is C11H14ClNO. The summed E-state index contributed by atoms with van der Waals surface area (Å²) in [6, 6.07) is 4.94. The van der Waals surface area contributed by atoms with Crippen LogP contribution in [0.1, 0.15) is 30.9 Å². The van der Waals surface area contributed by atoms with Crippen molar-refractivity contribution in [2.45, 2.75) is 25.3 Å². The van der Waals surface area contributed by atoms with E-state index in [0.717, 1.165) is 17.9 Å². The Morgan fingerprint density at radius 1 is 1.50 bits per heavy atom. The fourth-order valence-electron chi connectivity index (χ4n) is 1.66. The molecule has 0 unspecified atom stereocenters. The highest BCUT2D eigenvalue weighted by molar-refractivity contribution is 6.30. The van der Waals surface area contributed by atoms with Crippen molar-refractivity contribution >= 4 is 11.6 Å². The summed E-state index contributed by atoms with van der Waals surface area (Å²) in [6.07, 6.45) is 3.50. The lowest BCUT2D eigenvalue weighted by Crippen LogP contribution is -2.11. The number of benzene rings is 1. The Bertz CT molecular complexity index is 336. The average Bonchev–Trinajstić information content (AvgIpc) is 2.93. The molecule has 0 spiro atoms. The van der Waals surface area contributed by atoms with Crippen LogP contribution >= 0.6 is 11.6 Å². The Morgan fingerprint density at radius 3 is 2.86 bits per heavy atom. The zero-order chi connectivity index (χ0) is 10.1. The maximum absolute atomic E-state index is 9.60. The van der Waals surface area contributed by atoms with E-state index in [2.05, 4.69) is 0 Å². The number of phenols is 1. The lowest BCUT2D eigenvalue weighted by atomic mass is 10.0. The van der Waals surface area contributed by atoms with E-state index in [4.69, 9.17) is 17.3 Å². The van der Waals surface area contributed by atoms with Gasteiger partial charge in [-0.15, -0.1) is 0 Å². The van der Waals surface area contributed by atoms with Crippen LogP contribution in [0.5, 0.6) is 5.75 Å². The molecular weight excluding hydrogens is 198 g/mol. The van der Waals surface area contributed by atoms with Crippen LogP contribution in [0.3, 0.4) is 0 Å². The molecule has 76 valence electrons. The summed E-state index contributed by atoms with van der Waals surface area (Å²) in [6.45, 7) is 0. The van der Waals surface area contributed by atoms with E-state index < -0.39 is 0 Å². The minimum atomic E-state index is -0.0822. The third-order valence-corrected chi connectivity index (χ3v) is 2.91. The van der Waals surface area contributed by atoms with Gasteiger partial charge >= 0.3 is 0 Å². The molecule has 3 heteroatoms. The molecule has 1 aliphatic rings. The number of aromatic hydroxyl groups is 1. The van der Waals surface area contributed by atoms with E-state index in [1.54, 1.807) is 18.2 Å². The standard InChI is InChI=1S/C11H14ClNO/c12-8-3-4-11(14)9(6-8)10(13)5-7-1-2-7/h3-4,6-7,10,14H,1-2,5,13H2/t10-/m0/s1. The summed E-state index contributed by atoms with van der Waals surface area (Å²) < 4.78 is 0. The van der Waals surface area contributed by atoms with Crippen LogP contribution < -0.4 is 5.73 Å². The van der Waals surface area contributed by atoms with Crippen LogP contribution in [0.25, 0.3) is 0 Å². The SMILES string of the molecule is N[C@@H](CC1CC1)c1cc(Cl)ccc1O. The van der Waals surface area contributed by atoms with Gasteiger partial charge in [0.05, 0.1) is 0 Å². The average molecular weight is 212 g/mol. The molecule has 1 saturated carbocycles. The molecule has 0 radical (unpaired) electrons. The third-order valence-electron chi connectivity index (χ3n) is 2.67. The molecule has 0 amide bonds. The quantitative estimate of drug-likeness (QED) is 0.808. The van der Waals surface area contributed by atoms with Crippen LogP contribution in [0.15, 0.2) is 18.2 Å². The first-order valence-electron chi connectivity index (χ1n) is 4.91. The first-order chi connectivity index (χ1) is 6.66. The third kappa shape index (κ3) is 2.20. The lowest BCUT2D eigenvalue weighted by molar-refractivity contribution is 0.455. The zero-order valence-electron chi connectivity index (χ0n) is 7.91. The Kier molecular flexibility index (Phi) is 2.66. The highest BCUT2D eigenvalue weighted by Crippen LogP contribution is 2.38. The molecule has 14 heavy (non-hydrogen) atoms. The van der Waals surface area contributed by atoms with Crippen molar-refractivity contribution in [1.29, 1.82) is 0 Å². The Hall–Kier alpha value is -0.730. The van der Waals surface area contributed by atoms with E-state index in [-0.39, 0.29) is 11.8 Å². The summed E-state index contributed by atoms with van der Waals surface area (Å²) in [4.78, 5) is 0. The first kappa shape index (κ1) is 9.81. The monoisotopic (exact) mass is 211 g/mol. The van der Waals surface area contributed by atoms with Crippen molar-refractivity contribution in [2.24, 2.45) is 11.7 Å². The minimum absolute atomic E-state index is 0.0822. The second-order valence-electron chi connectivity index (χ2n) is 3.99. The Morgan fingerprint density at radius 2 is 2.21 bits per heavy atom. The van der Waals surface area contributed by atoms with Crippen molar-refractivity contribution < 1.29 is 5.11 Å². The van der Waals surface area contributed by atoms with E-state index in [9.17, 15) is 5.11 Å². The van der Waals surface area contributed by atoms with E-state index in [0.29, 0.717) is 5.02 Å². The van der Waals surface area contributed by atoms with E-state index in [1.165, 1.54) is 12.8 Å². The largest absolute Gasteiger partial charge is 0.508 e. The highest BCUT2D eigenvalue weighted by atomic mass is 35.5. The molecule has 0 aromatic heterocycles. The van der Waals surface area contributed by atoms with Gasteiger partial charge in [-0.3, -0.25) is 0 Å². The topological polar surface area (TPSA) is 46.2 Å². The minimum Gasteiger partial charge on any atom is -0.508 e. The van der Waals surface area contributed by atoms with Crippen LogP contribution in [0, 0.1) is 5.92 Å². The van der Waals surface area contributed by atoms with E-state index >= 15 is 0 Å². The molecule has 1 aromatic rings. The molecule has 0 heterocycles. The number of nitrogens with two attached hydrogens (primary N) is 1. The van der Waals surface area contributed by atoms with Crippen LogP contribution in [-0.4, -0.2) is 5.11 Å². The summed E-state index contributed by atoms with van der Waals surface area (Å²) in [7, 11) is 0. The summed E-state index contributed by atoms with van der Waals surface area (Å²) in [5.74, 6) is 1.01. The van der Waals surface area contributed by atoms with Crippen molar-refractivity contribution in [3.8, 4) is 5.75 Å². The molecule has 3 N–H and O–H groups in total. The Balaban J connectivity index is 2.15. The lowest BCUT2D eigenvalue weighted by Gasteiger charge is -2.13. The van der Waals surface area contributed by atoms with Gasteiger partial charge in [0.25, 0.3) is 0 Å². The maximum Gasteiger partial charge on any atom is 0.120 e. The number of phenolic OH excluding ortho intramolecular Hbond substituents is 1. The van der Waals surface area contributed by atoms with Gasteiger partial charge in [0, 0.05) is 16.6 Å². The predicted octanol–water partition coefficient (Wildman–Crippen LogP) is 2.85. The summed E-state index contributed by atoms with van der Waals surface area (Å²) in [5.41, 5.74) is 6.75. The molecule has 1 aromatic carbocycles. The summed E-state index contributed by atoms with van der Waals surface area (Å²) >= 11 is 5.85. The number of hydrogen-bond donors (Lipinski definition) is 2. The van der Waals surface area contributed by atoms with Crippen molar-refractivity contribution in [3.63, 3.8) is 0 Å². The van der Waals surface area contributed by atoms with Gasteiger partial charge in [-0.2, -0.15) is 0 Å². The molecule has 0 aliphatic heterocycles. The smallest absolute Gasteiger partial charge is 0.120 e. The van der Waals surface area contributed by atoms with Crippen LogP contribution in [0.4, 0.5) is 0 Å². The van der Waals surface area contributed by atoms with Crippen LogP contribution in [-0.2, 0) is 0 Å². The van der Waals surface area contributed by atoms with Crippen LogP contribution in [0.2, 0.25) is 5.02 Å². The second kappa shape index (κ2) is 3.79. The van der Waals surface area contributed by atoms with Gasteiger partial charge in [-0.05, 0) is 30.5 Å². The maximum atomic E-state index is 9.60. The van der Waals surface area contributed by atoms with Crippen molar-refractivity contribution in [2.75, 3.05) is 0 Å². The molecule has 2 rings (SSSR count). The predicted molar refractivity (Wildman–Crippen MR) is 57.4 cm³/mol. The Labute approximate surface area is 88.7 Å². The van der Waals surface area contributed by atoms with Gasteiger partial charge in [-0.1, -0.05) is 24.4 Å². The van der Waals surface area contributed by atoms with Gasteiger partial charge in [0.2, 0.25) is 0 Å². The zero-order valence-corrected chi connectivity index (χ0v) is 8.67. The molecule has 1 atom stereocenters. The van der Waals surface area contributed by atoms with Crippen molar-refractivity contribution in [1.82, 2.24) is 0 Å². The van der Waals surface area contributed by atoms with E-state index in [1.807, 2.05) is 0 Å². The van der Waals surface area contributed by atoms with Gasteiger partial charge in [0.15, 0.2) is 0 Å². The normalized spacial score (nSPS) is 18.1. The fourth-order valence-corrected chi connectivity index (χ4v) is 1.84. The number of halogens is 1.